The lowest BCUT2D eigenvalue weighted by Gasteiger charge is -2.06. The summed E-state index contributed by atoms with van der Waals surface area (Å²) in [5, 5.41) is 8.80. The number of carbonyl (C=O) groups excluding carboxylic acids is 1. The maximum Gasteiger partial charge on any atom is 0.234 e. The van der Waals surface area contributed by atoms with E-state index in [0.717, 1.165) is 11.3 Å². The number of hydrogen-bond donors (Lipinski definition) is 1. The number of thioether (sulfide) groups is 1. The number of carbonyl (C=O) groups is 1. The van der Waals surface area contributed by atoms with E-state index in [1.54, 1.807) is 22.9 Å². The van der Waals surface area contributed by atoms with Crippen LogP contribution >= 0.6 is 35.0 Å². The second kappa shape index (κ2) is 9.34. The summed E-state index contributed by atoms with van der Waals surface area (Å²) in [6.07, 6.45) is 0. The largest absolute Gasteiger partial charge is 0.324 e. The van der Waals surface area contributed by atoms with Crippen molar-refractivity contribution in [2.75, 3.05) is 11.1 Å². The van der Waals surface area contributed by atoms with Crippen LogP contribution in [0.3, 0.4) is 0 Å². The Morgan fingerprint density at radius 2 is 1.67 bits per heavy atom. The highest BCUT2D eigenvalue weighted by Crippen LogP contribution is 2.27. The van der Waals surface area contributed by atoms with Gasteiger partial charge in [0.1, 0.15) is 0 Å². The number of nitrogens with zero attached hydrogens (tertiary/aromatic N) is 3. The van der Waals surface area contributed by atoms with Gasteiger partial charge in [0, 0.05) is 10.6 Å². The van der Waals surface area contributed by atoms with Gasteiger partial charge in [-0.3, -0.25) is 4.79 Å². The molecule has 150 valence electrons. The van der Waals surface area contributed by atoms with E-state index in [9.17, 15) is 4.79 Å². The van der Waals surface area contributed by atoms with Crippen LogP contribution in [0.2, 0.25) is 10.0 Å². The highest BCUT2D eigenvalue weighted by molar-refractivity contribution is 7.99. The molecule has 1 heterocycles. The fourth-order valence-electron chi connectivity index (χ4n) is 2.78. The van der Waals surface area contributed by atoms with Crippen molar-refractivity contribution >= 4 is 46.6 Å². The van der Waals surface area contributed by atoms with Gasteiger partial charge in [-0.25, -0.2) is 9.67 Å². The van der Waals surface area contributed by atoms with Crippen LogP contribution < -0.4 is 5.32 Å². The molecule has 1 amide bonds. The standard InChI is InChI=1S/C22H16Cl2N4OS/c23-16-11-12-19(18(24)13-16)25-20(29)14-30-22-26-21(15-7-3-1-4-8-15)28(27-22)17-9-5-2-6-10-17/h1-13H,14H2,(H,25,29). The number of amides is 1. The van der Waals surface area contributed by atoms with E-state index in [4.69, 9.17) is 23.2 Å². The van der Waals surface area contributed by atoms with Gasteiger partial charge in [-0.05, 0) is 30.3 Å². The molecular formula is C22H16Cl2N4OS. The number of anilines is 1. The molecule has 3 aromatic carbocycles. The summed E-state index contributed by atoms with van der Waals surface area (Å²) in [5.41, 5.74) is 2.35. The molecule has 1 aromatic heterocycles. The normalized spacial score (nSPS) is 10.7. The Morgan fingerprint density at radius 1 is 0.967 bits per heavy atom. The van der Waals surface area contributed by atoms with E-state index >= 15 is 0 Å². The first-order valence-electron chi connectivity index (χ1n) is 9.06. The first-order valence-corrected chi connectivity index (χ1v) is 10.8. The van der Waals surface area contributed by atoms with Gasteiger partial charge in [0.15, 0.2) is 5.82 Å². The van der Waals surface area contributed by atoms with Crippen LogP contribution in [-0.4, -0.2) is 26.4 Å². The number of para-hydroxylation sites is 1. The van der Waals surface area contributed by atoms with Crippen LogP contribution in [0.5, 0.6) is 0 Å². The van der Waals surface area contributed by atoms with E-state index in [1.807, 2.05) is 60.7 Å². The molecule has 0 saturated carbocycles. The first kappa shape index (κ1) is 20.5. The lowest BCUT2D eigenvalue weighted by molar-refractivity contribution is -0.113. The number of benzene rings is 3. The number of hydrogen-bond acceptors (Lipinski definition) is 4. The molecule has 0 unspecified atom stereocenters. The number of rotatable bonds is 6. The predicted octanol–water partition coefficient (Wildman–Crippen LogP) is 5.97. The quantitative estimate of drug-likeness (QED) is 0.364. The van der Waals surface area contributed by atoms with Gasteiger partial charge in [-0.2, -0.15) is 0 Å². The van der Waals surface area contributed by atoms with Crippen molar-refractivity contribution in [1.29, 1.82) is 0 Å². The molecule has 0 fully saturated rings. The van der Waals surface area contributed by atoms with E-state index in [-0.39, 0.29) is 11.7 Å². The molecule has 0 radical (unpaired) electrons. The predicted molar refractivity (Wildman–Crippen MR) is 123 cm³/mol. The Labute approximate surface area is 188 Å². The zero-order valence-electron chi connectivity index (χ0n) is 15.6. The molecule has 5 nitrogen and oxygen atoms in total. The smallest absolute Gasteiger partial charge is 0.234 e. The minimum absolute atomic E-state index is 0.145. The number of halogens is 2. The molecule has 0 aliphatic carbocycles. The third kappa shape index (κ3) is 4.84. The summed E-state index contributed by atoms with van der Waals surface area (Å²) >= 11 is 13.3. The summed E-state index contributed by atoms with van der Waals surface area (Å²) in [6, 6.07) is 24.5. The second-order valence-electron chi connectivity index (χ2n) is 6.29. The van der Waals surface area contributed by atoms with Gasteiger partial charge < -0.3 is 5.32 Å². The Morgan fingerprint density at radius 3 is 2.37 bits per heavy atom. The van der Waals surface area contributed by atoms with Crippen molar-refractivity contribution in [3.05, 3.63) is 88.9 Å². The van der Waals surface area contributed by atoms with E-state index in [2.05, 4.69) is 15.4 Å². The van der Waals surface area contributed by atoms with Crippen LogP contribution in [0.1, 0.15) is 0 Å². The van der Waals surface area contributed by atoms with Crippen molar-refractivity contribution < 1.29 is 4.79 Å². The lowest BCUT2D eigenvalue weighted by atomic mass is 10.2. The lowest BCUT2D eigenvalue weighted by Crippen LogP contribution is -2.14. The van der Waals surface area contributed by atoms with Gasteiger partial charge in [-0.15, -0.1) is 5.10 Å². The van der Waals surface area contributed by atoms with Crippen LogP contribution in [0.15, 0.2) is 84.0 Å². The average molecular weight is 455 g/mol. The highest BCUT2D eigenvalue weighted by atomic mass is 35.5. The van der Waals surface area contributed by atoms with Gasteiger partial charge >= 0.3 is 0 Å². The molecule has 8 heteroatoms. The third-order valence-corrected chi connectivity index (χ3v) is 5.54. The molecule has 4 rings (SSSR count). The topological polar surface area (TPSA) is 59.8 Å². The molecule has 0 saturated heterocycles. The Balaban J connectivity index is 1.53. The zero-order valence-corrected chi connectivity index (χ0v) is 18.0. The van der Waals surface area contributed by atoms with Crippen molar-refractivity contribution in [3.8, 4) is 17.1 Å². The van der Waals surface area contributed by atoms with E-state index in [1.165, 1.54) is 11.8 Å². The average Bonchev–Trinajstić information content (AvgIpc) is 3.20. The SMILES string of the molecule is O=C(CSc1nc(-c2ccccc2)n(-c2ccccc2)n1)Nc1ccc(Cl)cc1Cl. The molecule has 0 atom stereocenters. The Kier molecular flexibility index (Phi) is 6.38. The van der Waals surface area contributed by atoms with Crippen molar-refractivity contribution in [2.45, 2.75) is 5.16 Å². The fraction of sp³-hybridized carbons (Fsp3) is 0.0455. The maximum absolute atomic E-state index is 12.4. The van der Waals surface area contributed by atoms with Gasteiger partial charge in [0.25, 0.3) is 0 Å². The Hall–Kier alpha value is -2.80. The summed E-state index contributed by atoms with van der Waals surface area (Å²) in [7, 11) is 0. The van der Waals surface area contributed by atoms with Crippen LogP contribution in [0.25, 0.3) is 17.1 Å². The minimum atomic E-state index is -0.207. The van der Waals surface area contributed by atoms with Gasteiger partial charge in [0.2, 0.25) is 11.1 Å². The number of nitrogens with one attached hydrogen (secondary N) is 1. The summed E-state index contributed by atoms with van der Waals surface area (Å²) in [4.78, 5) is 17.0. The van der Waals surface area contributed by atoms with Crippen molar-refractivity contribution in [3.63, 3.8) is 0 Å². The molecule has 0 aliphatic heterocycles. The van der Waals surface area contributed by atoms with Crippen LogP contribution in [0.4, 0.5) is 5.69 Å². The first-order chi connectivity index (χ1) is 14.6. The molecule has 1 N–H and O–H groups in total. The third-order valence-electron chi connectivity index (χ3n) is 4.16. The second-order valence-corrected chi connectivity index (χ2v) is 8.08. The Bertz CT molecular complexity index is 1110. The van der Waals surface area contributed by atoms with Crippen LogP contribution in [-0.2, 0) is 4.79 Å². The van der Waals surface area contributed by atoms with E-state index in [0.29, 0.717) is 26.7 Å². The summed E-state index contributed by atoms with van der Waals surface area (Å²) < 4.78 is 1.78. The molecule has 4 aromatic rings. The fourth-order valence-corrected chi connectivity index (χ4v) is 3.86. The zero-order chi connectivity index (χ0) is 20.9. The van der Waals surface area contributed by atoms with Crippen molar-refractivity contribution in [1.82, 2.24) is 14.8 Å². The highest BCUT2D eigenvalue weighted by Gasteiger charge is 2.15. The minimum Gasteiger partial charge on any atom is -0.324 e. The van der Waals surface area contributed by atoms with Gasteiger partial charge in [0.05, 0.1) is 22.2 Å². The molecule has 0 aliphatic rings. The molecule has 0 spiro atoms. The monoisotopic (exact) mass is 454 g/mol. The van der Waals surface area contributed by atoms with Gasteiger partial charge in [-0.1, -0.05) is 83.5 Å². The molecule has 30 heavy (non-hydrogen) atoms. The summed E-state index contributed by atoms with van der Waals surface area (Å²) in [6.45, 7) is 0. The molecule has 0 bridgehead atoms. The van der Waals surface area contributed by atoms with Crippen LogP contribution in [0, 0.1) is 0 Å². The maximum atomic E-state index is 12.4. The van der Waals surface area contributed by atoms with Crippen molar-refractivity contribution in [2.24, 2.45) is 0 Å². The van der Waals surface area contributed by atoms with E-state index < -0.39 is 0 Å². The molecular weight excluding hydrogens is 439 g/mol. The number of aromatic nitrogens is 3. The summed E-state index contributed by atoms with van der Waals surface area (Å²) in [5.74, 6) is 0.651.